The van der Waals surface area contributed by atoms with Crippen molar-refractivity contribution in [2.24, 2.45) is 47.3 Å². The lowest BCUT2D eigenvalue weighted by atomic mass is 9.84. The van der Waals surface area contributed by atoms with Gasteiger partial charge in [-0.15, -0.1) is 0 Å². The number of benzene rings is 4. The Morgan fingerprint density at radius 1 is 0.235 bits per heavy atom. The van der Waals surface area contributed by atoms with Crippen molar-refractivity contribution in [2.45, 2.75) is 105 Å². The fourth-order valence-corrected chi connectivity index (χ4v) is 16.8. The summed E-state index contributed by atoms with van der Waals surface area (Å²) < 4.78 is 20.7. The molecule has 0 radical (unpaired) electrons. The number of rotatable bonds is 30. The molecule has 8 aliphatic rings. The average molecular weight is 1840 g/mol. The van der Waals surface area contributed by atoms with Crippen molar-refractivity contribution in [2.75, 3.05) is 159 Å². The molecule has 0 aromatic heterocycles. The fraction of sp³-hybridized carbons (Fsp3) is 0.500. The predicted octanol–water partition coefficient (Wildman–Crippen LogP) is -3.23. The van der Waals surface area contributed by atoms with E-state index in [9.17, 15) is 118 Å². The molecule has 8 saturated heterocycles. The number of piperidine rings is 8. The third-order valence-electron chi connectivity index (χ3n) is 22.2. The third kappa shape index (κ3) is 44.7. The maximum absolute atomic E-state index is 12.8. The summed E-state index contributed by atoms with van der Waals surface area (Å²) in [5.41, 5.74) is 3.09. The zero-order valence-corrected chi connectivity index (χ0v) is 76.3. The Hall–Kier alpha value is -12.8. The standard InChI is InChI=1S/4C19H28N2O2.5C4H4O4/c4*1-3-4-9-20-11-15-10-16(12-20)14-21(13-15)19(22)17-5-7-18(23-2)8-6-17;5*5-3(6)1-2-4(7)8/h4*5-8,15-16H,3-4,9-14H2,1-2H3;5*1-2H,(H,5,6)(H,7,8)/p-10/b;;;;5*2-1+. The number of unbranched alkanes of at least 4 members (excludes halogenated alkanes) is 4. The first-order chi connectivity index (χ1) is 62.9. The zero-order chi connectivity index (χ0) is 97.8. The van der Waals surface area contributed by atoms with Crippen molar-refractivity contribution in [1.29, 1.82) is 0 Å². The zero-order valence-electron chi connectivity index (χ0n) is 76.3. The Morgan fingerprint density at radius 3 is 0.470 bits per heavy atom. The Bertz CT molecular complexity index is 3760. The molecule has 8 fully saturated rings. The molecule has 8 aliphatic heterocycles. The van der Waals surface area contributed by atoms with Gasteiger partial charge in [-0.1, -0.05) is 53.4 Å². The number of carboxylic acid groups (broad SMARTS) is 10. The number of carbonyl (C=O) groups excluding carboxylic acids is 14. The van der Waals surface area contributed by atoms with Gasteiger partial charge in [-0.3, -0.25) is 19.2 Å². The first-order valence-corrected chi connectivity index (χ1v) is 44.0. The van der Waals surface area contributed by atoms with E-state index in [0.29, 0.717) is 108 Å². The van der Waals surface area contributed by atoms with Crippen molar-refractivity contribution in [3.05, 3.63) is 180 Å². The monoisotopic (exact) mass is 1830 g/mol. The summed E-state index contributed by atoms with van der Waals surface area (Å²) in [4.78, 5) is 164. The molecule has 0 aliphatic carbocycles. The largest absolute Gasteiger partial charge is 0.545 e. The maximum atomic E-state index is 12.8. The number of ether oxygens (including phenoxy) is 4. The van der Waals surface area contributed by atoms with Crippen LogP contribution in [0.3, 0.4) is 0 Å². The Kier molecular flexibility index (Phi) is 51.5. The lowest BCUT2D eigenvalue weighted by Gasteiger charge is -2.46. The minimum absolute atomic E-state index is 0.171. The number of likely N-dealkylation sites (tertiary alicyclic amines) is 8. The van der Waals surface area contributed by atoms with E-state index in [0.717, 1.165) is 150 Å². The quantitative estimate of drug-likeness (QED) is 0.0463. The normalized spacial score (nSPS) is 20.0. The second-order valence-electron chi connectivity index (χ2n) is 32.9. The van der Waals surface area contributed by atoms with Gasteiger partial charge in [0.15, 0.2) is 0 Å². The number of aliphatic carboxylic acids is 10. The van der Waals surface area contributed by atoms with Crippen LogP contribution in [0.15, 0.2) is 158 Å². The van der Waals surface area contributed by atoms with Crippen LogP contribution in [0.2, 0.25) is 0 Å². The van der Waals surface area contributed by atoms with Gasteiger partial charge in [0.2, 0.25) is 0 Å². The molecule has 0 N–H and O–H groups in total. The number of carboxylic acids is 10. The number of fused-ring (bicyclic) bond motifs is 8. The van der Waals surface area contributed by atoms with Crippen molar-refractivity contribution < 1.29 is 137 Å². The number of carbonyl (C=O) groups is 14. The minimum atomic E-state index is -1.55. The molecule has 36 nitrogen and oxygen atoms in total. The number of hydrogen-bond acceptors (Lipinski definition) is 32. The molecule has 12 rings (SSSR count). The van der Waals surface area contributed by atoms with Crippen LogP contribution in [0.4, 0.5) is 0 Å². The number of amides is 4. The topological polar surface area (TPSA) is 532 Å². The summed E-state index contributed by atoms with van der Waals surface area (Å²) in [6.45, 7) is 30.4. The van der Waals surface area contributed by atoms with E-state index in [1.165, 1.54) is 103 Å². The molecular weight excluding hydrogens is 1710 g/mol. The molecule has 8 atom stereocenters. The predicted molar refractivity (Wildman–Crippen MR) is 463 cm³/mol. The summed E-state index contributed by atoms with van der Waals surface area (Å²) in [7, 11) is 6.58. The highest BCUT2D eigenvalue weighted by Gasteiger charge is 2.40. The van der Waals surface area contributed by atoms with Crippen LogP contribution in [-0.2, 0) is 47.9 Å². The van der Waals surface area contributed by atoms with Gasteiger partial charge < -0.3 is 157 Å². The molecule has 8 heterocycles. The first kappa shape index (κ1) is 112. The molecule has 0 spiro atoms. The van der Waals surface area contributed by atoms with Crippen LogP contribution in [0, 0.1) is 47.3 Å². The summed E-state index contributed by atoms with van der Waals surface area (Å²) in [5, 5.41) is 94.1. The third-order valence-corrected chi connectivity index (χ3v) is 22.2. The van der Waals surface area contributed by atoms with E-state index >= 15 is 0 Å². The molecule has 8 bridgehead atoms. The van der Waals surface area contributed by atoms with Crippen molar-refractivity contribution in [3.8, 4) is 23.0 Å². The van der Waals surface area contributed by atoms with Crippen molar-refractivity contribution >= 4 is 83.3 Å². The van der Waals surface area contributed by atoms with Gasteiger partial charge in [-0.05, 0) is 283 Å². The number of nitrogens with zero attached hydrogens (tertiary/aromatic N) is 8. The highest BCUT2D eigenvalue weighted by Crippen LogP contribution is 2.35. The van der Waals surface area contributed by atoms with E-state index in [1.54, 1.807) is 28.4 Å². The van der Waals surface area contributed by atoms with E-state index < -0.39 is 59.7 Å². The summed E-state index contributed by atoms with van der Waals surface area (Å²) >= 11 is 0. The van der Waals surface area contributed by atoms with E-state index in [4.69, 9.17) is 18.9 Å². The fourth-order valence-electron chi connectivity index (χ4n) is 16.8. The highest BCUT2D eigenvalue weighted by atomic mass is 16.5. The molecule has 36 heteroatoms. The summed E-state index contributed by atoms with van der Waals surface area (Å²) in [5.74, 6) is -6.48. The first-order valence-electron chi connectivity index (χ1n) is 44.0. The van der Waals surface area contributed by atoms with Gasteiger partial charge in [-0.25, -0.2) is 0 Å². The second kappa shape index (κ2) is 61.0. The molecule has 4 aromatic rings. The average Bonchev–Trinajstić information content (AvgIpc) is 0.819. The second-order valence-corrected chi connectivity index (χ2v) is 32.9. The lowest BCUT2D eigenvalue weighted by Crippen LogP contribution is -2.54. The van der Waals surface area contributed by atoms with Crippen molar-refractivity contribution in [3.63, 3.8) is 0 Å². The smallest absolute Gasteiger partial charge is 0.253 e. The Balaban J connectivity index is 0.000000324. The molecule has 132 heavy (non-hydrogen) atoms. The van der Waals surface area contributed by atoms with Gasteiger partial charge in [0.1, 0.15) is 23.0 Å². The Morgan fingerprint density at radius 2 is 0.364 bits per heavy atom. The van der Waals surface area contributed by atoms with Gasteiger partial charge in [0, 0.05) is 127 Å². The van der Waals surface area contributed by atoms with Gasteiger partial charge in [-0.2, -0.15) is 0 Å². The highest BCUT2D eigenvalue weighted by molar-refractivity contribution is 5.97. The molecular formula is C96H122N8O28-10. The van der Waals surface area contributed by atoms with Crippen LogP contribution >= 0.6 is 0 Å². The van der Waals surface area contributed by atoms with Crippen LogP contribution < -0.4 is 70.0 Å². The van der Waals surface area contributed by atoms with Gasteiger partial charge in [0.25, 0.3) is 23.6 Å². The SMILES string of the molecule is CCCCN1CC2CC(C1)CN(C(=O)c1ccc(OC)cc1)C2.CCCCN1CC2CC(C1)CN(C(=O)c1ccc(OC)cc1)C2.CCCCN1CC2CC(C1)CN(C(=O)c1ccc(OC)cc1)C2.CCCCN1CC2CC(C1)CN(C(=O)c1ccc(OC)cc1)C2.O=C([O-])/C=C/C(=O)[O-].O=C([O-])/C=C/C(=O)[O-].O=C([O-])/C=C/C(=O)[O-].O=C([O-])/C=C/C(=O)[O-].O=C([O-])/C=C/C(=O)[O-]. The van der Waals surface area contributed by atoms with Crippen LogP contribution in [-0.4, -0.2) is 282 Å². The molecule has 4 amide bonds. The lowest BCUT2D eigenvalue weighted by molar-refractivity contribution is -0.301. The molecule has 8 unspecified atom stereocenters. The minimum Gasteiger partial charge on any atom is -0.545 e. The van der Waals surface area contributed by atoms with Gasteiger partial charge >= 0.3 is 0 Å². The van der Waals surface area contributed by atoms with E-state index in [-0.39, 0.29) is 23.6 Å². The number of hydrogen-bond donors (Lipinski definition) is 0. The molecule has 4 aromatic carbocycles. The summed E-state index contributed by atoms with van der Waals surface area (Å²) in [6.07, 6.45) is 19.2. The molecule has 0 saturated carbocycles. The maximum Gasteiger partial charge on any atom is 0.253 e. The summed E-state index contributed by atoms with van der Waals surface area (Å²) in [6, 6.07) is 29.9. The Labute approximate surface area is 770 Å². The van der Waals surface area contributed by atoms with Crippen LogP contribution in [0.1, 0.15) is 146 Å². The van der Waals surface area contributed by atoms with E-state index in [2.05, 4.69) is 66.9 Å². The molecule has 724 valence electrons. The van der Waals surface area contributed by atoms with E-state index in [1.807, 2.05) is 97.1 Å². The van der Waals surface area contributed by atoms with Crippen LogP contribution in [0.5, 0.6) is 23.0 Å². The van der Waals surface area contributed by atoms with Gasteiger partial charge in [0.05, 0.1) is 88.1 Å². The van der Waals surface area contributed by atoms with Crippen LogP contribution in [0.25, 0.3) is 0 Å². The van der Waals surface area contributed by atoms with Crippen molar-refractivity contribution in [1.82, 2.24) is 39.2 Å². The number of methoxy groups -OCH3 is 4.